The van der Waals surface area contributed by atoms with Gasteiger partial charge in [-0.1, -0.05) is 13.0 Å². The van der Waals surface area contributed by atoms with Gasteiger partial charge in [-0.15, -0.1) is 0 Å². The van der Waals surface area contributed by atoms with Crippen LogP contribution in [-0.2, 0) is 19.1 Å². The molecule has 1 atom stereocenters. The lowest BCUT2D eigenvalue weighted by atomic mass is 9.98. The molecule has 5 heterocycles. The summed E-state index contributed by atoms with van der Waals surface area (Å²) in [7, 11) is 0. The number of nitrogens with zero attached hydrogens (tertiary/aromatic N) is 3. The molecule has 1 unspecified atom stereocenters. The lowest BCUT2D eigenvalue weighted by molar-refractivity contribution is -0.149. The second-order valence-electron chi connectivity index (χ2n) is 11.9. The van der Waals surface area contributed by atoms with E-state index in [4.69, 9.17) is 5.73 Å². The third-order valence-corrected chi connectivity index (χ3v) is 8.85. The minimum Gasteiger partial charge on any atom is -0.386 e. The molecule has 5 N–H and O–H groups in total. The van der Waals surface area contributed by atoms with Gasteiger partial charge in [-0.3, -0.25) is 19.4 Å². The van der Waals surface area contributed by atoms with Crippen LogP contribution in [0.4, 0.5) is 26.3 Å². The highest BCUT2D eigenvalue weighted by atomic mass is 19.4. The van der Waals surface area contributed by atoms with Gasteiger partial charge in [-0.25, -0.2) is 0 Å². The Morgan fingerprint density at radius 1 is 1.09 bits per heavy atom. The summed E-state index contributed by atoms with van der Waals surface area (Å²) in [5.41, 5.74) is 7.14. The minimum absolute atomic E-state index is 0.125. The van der Waals surface area contributed by atoms with Gasteiger partial charge in [-0.05, 0) is 55.7 Å². The Balaban J connectivity index is 1.52. The van der Waals surface area contributed by atoms with E-state index in [2.05, 4.69) is 15.6 Å². The first kappa shape index (κ1) is 34.1. The van der Waals surface area contributed by atoms with E-state index in [0.29, 0.717) is 42.2 Å². The van der Waals surface area contributed by atoms with Crippen LogP contribution in [0.25, 0.3) is 11.1 Å². The van der Waals surface area contributed by atoms with E-state index in [9.17, 15) is 35.9 Å². The first-order chi connectivity index (χ1) is 22.1. The summed E-state index contributed by atoms with van der Waals surface area (Å²) in [5, 5.41) is 5.61. The maximum atomic E-state index is 13.9. The van der Waals surface area contributed by atoms with Gasteiger partial charge in [0.25, 0.3) is 11.5 Å². The van der Waals surface area contributed by atoms with Crippen molar-refractivity contribution in [2.75, 3.05) is 39.3 Å². The lowest BCUT2D eigenvalue weighted by Crippen LogP contribution is -2.49. The first-order valence-corrected chi connectivity index (χ1v) is 15.3. The number of H-pyrrole nitrogens is 1. The summed E-state index contributed by atoms with van der Waals surface area (Å²) in [6.07, 6.45) is -3.48. The number of dihydropyridines is 1. The van der Waals surface area contributed by atoms with Crippen molar-refractivity contribution < 1.29 is 31.1 Å². The van der Waals surface area contributed by atoms with Gasteiger partial charge in [-0.2, -0.15) is 26.3 Å². The number of rotatable bonds is 8. The lowest BCUT2D eigenvalue weighted by Gasteiger charge is -2.39. The molecule has 3 aromatic heterocycles. The first-order valence-electron chi connectivity index (χ1n) is 15.3. The number of pyridine rings is 2. The largest absolute Gasteiger partial charge is 0.417 e. The van der Waals surface area contributed by atoms with Gasteiger partial charge in [0.05, 0.1) is 23.4 Å². The van der Waals surface area contributed by atoms with Crippen molar-refractivity contribution in [3.05, 3.63) is 91.9 Å². The third-order valence-electron chi connectivity index (χ3n) is 8.85. The molecule has 3 aromatic rings. The standard InChI is InChI=1S/C32H37F6N7O2/c1-4-21-13-25(32(36,37)38)24(30(47)42-21)16-41-29(46)23-14-26-22(20-5-6-27(39)40-15-20)7-8-45(26)28(18(23)2)19(3)44-11-9-43(10-12-44)17-31(33,34)35/h5-8,13-14,19,40H,4,9-12,15-17,39H2,1-3H3,(H,41,46)(H,42,47). The molecule has 0 radical (unpaired) electrons. The van der Waals surface area contributed by atoms with Gasteiger partial charge in [0, 0.05) is 79.6 Å². The summed E-state index contributed by atoms with van der Waals surface area (Å²) < 4.78 is 82.7. The van der Waals surface area contributed by atoms with Crippen molar-refractivity contribution in [1.29, 1.82) is 0 Å². The van der Waals surface area contributed by atoms with Crippen molar-refractivity contribution in [1.82, 2.24) is 29.8 Å². The molecule has 1 saturated heterocycles. The van der Waals surface area contributed by atoms with E-state index >= 15 is 0 Å². The Kier molecular flexibility index (Phi) is 9.51. The number of carbonyl (C=O) groups is 1. The summed E-state index contributed by atoms with van der Waals surface area (Å²) in [5.74, 6) is -0.181. The zero-order valence-electron chi connectivity index (χ0n) is 26.2. The Bertz CT molecular complexity index is 1780. The van der Waals surface area contributed by atoms with E-state index in [0.717, 1.165) is 17.2 Å². The highest BCUT2D eigenvalue weighted by Gasteiger charge is 2.36. The van der Waals surface area contributed by atoms with E-state index in [1.54, 1.807) is 26.0 Å². The van der Waals surface area contributed by atoms with Crippen molar-refractivity contribution in [3.8, 4) is 0 Å². The summed E-state index contributed by atoms with van der Waals surface area (Å²) >= 11 is 0. The number of carbonyl (C=O) groups excluding carboxylic acids is 1. The van der Waals surface area contributed by atoms with Gasteiger partial charge in [0.15, 0.2) is 0 Å². The normalized spacial score (nSPS) is 17.3. The molecule has 254 valence electrons. The average Bonchev–Trinajstić information content (AvgIpc) is 3.42. The quantitative estimate of drug-likeness (QED) is 0.265. The van der Waals surface area contributed by atoms with E-state index < -0.39 is 48.0 Å². The summed E-state index contributed by atoms with van der Waals surface area (Å²) in [6.45, 7) is 5.18. The fraction of sp³-hybridized carbons (Fsp3) is 0.438. The molecule has 2 aliphatic heterocycles. The monoisotopic (exact) mass is 665 g/mol. The van der Waals surface area contributed by atoms with Crippen LogP contribution in [0.3, 0.4) is 0 Å². The highest BCUT2D eigenvalue weighted by Crippen LogP contribution is 2.34. The SMILES string of the molecule is CCc1cc(C(F)(F)F)c(CNC(=O)c2cc3c(C4=CC=C(N)NC4)ccn3c(C(C)N3CCN(CC(F)(F)F)CC3)c2C)c(=O)[nH]1. The van der Waals surface area contributed by atoms with Crippen molar-refractivity contribution in [3.63, 3.8) is 0 Å². The number of allylic oxidation sites excluding steroid dienone is 2. The fourth-order valence-electron chi connectivity index (χ4n) is 6.34. The van der Waals surface area contributed by atoms with Gasteiger partial charge >= 0.3 is 12.4 Å². The Hall–Kier alpha value is -4.24. The number of nitrogens with two attached hydrogens (primary N) is 1. The topological polar surface area (TPSA) is 111 Å². The number of fused-ring (bicyclic) bond motifs is 1. The molecule has 0 aliphatic carbocycles. The van der Waals surface area contributed by atoms with Crippen LogP contribution in [0.2, 0.25) is 0 Å². The second kappa shape index (κ2) is 13.1. The number of hydrogen-bond donors (Lipinski definition) is 4. The molecule has 2 aliphatic rings. The van der Waals surface area contributed by atoms with Crippen LogP contribution in [0.5, 0.6) is 0 Å². The number of aromatic nitrogens is 2. The maximum absolute atomic E-state index is 13.9. The number of piperazine rings is 1. The molecule has 0 aromatic carbocycles. The molecular formula is C32H37F6N7O2. The van der Waals surface area contributed by atoms with E-state index in [-0.39, 0.29) is 36.8 Å². The Morgan fingerprint density at radius 3 is 2.38 bits per heavy atom. The number of aryl methyl sites for hydroxylation is 1. The Labute approximate surface area is 267 Å². The predicted molar refractivity (Wildman–Crippen MR) is 165 cm³/mol. The van der Waals surface area contributed by atoms with Crippen LogP contribution in [0, 0.1) is 6.92 Å². The van der Waals surface area contributed by atoms with Gasteiger partial charge < -0.3 is 25.8 Å². The number of alkyl halides is 6. The van der Waals surface area contributed by atoms with E-state index in [1.165, 1.54) is 4.90 Å². The molecule has 0 bridgehead atoms. The predicted octanol–water partition coefficient (Wildman–Crippen LogP) is 4.47. The Morgan fingerprint density at radius 2 is 1.79 bits per heavy atom. The van der Waals surface area contributed by atoms with Gasteiger partial charge in [0.1, 0.15) is 0 Å². The minimum atomic E-state index is -4.81. The van der Waals surface area contributed by atoms with Crippen molar-refractivity contribution in [2.24, 2.45) is 5.73 Å². The maximum Gasteiger partial charge on any atom is 0.417 e. The van der Waals surface area contributed by atoms with Crippen molar-refractivity contribution in [2.45, 2.75) is 52.1 Å². The molecule has 1 amide bonds. The highest BCUT2D eigenvalue weighted by molar-refractivity contribution is 5.98. The number of nitrogens with one attached hydrogen (secondary N) is 3. The van der Waals surface area contributed by atoms with Crippen LogP contribution in [0.1, 0.15) is 63.9 Å². The number of aromatic amines is 1. The zero-order chi connectivity index (χ0) is 34.3. The van der Waals surface area contributed by atoms with Crippen molar-refractivity contribution >= 4 is 17.0 Å². The molecule has 0 saturated carbocycles. The fourth-order valence-corrected chi connectivity index (χ4v) is 6.34. The summed E-state index contributed by atoms with van der Waals surface area (Å²) in [4.78, 5) is 32.3. The van der Waals surface area contributed by atoms with Crippen LogP contribution in [-0.4, -0.2) is 70.5 Å². The molecule has 15 heteroatoms. The number of amides is 1. The zero-order valence-corrected chi connectivity index (χ0v) is 26.2. The van der Waals surface area contributed by atoms with E-state index in [1.807, 2.05) is 34.6 Å². The van der Waals surface area contributed by atoms with Crippen LogP contribution >= 0.6 is 0 Å². The molecule has 0 spiro atoms. The number of halogens is 6. The molecule has 5 rings (SSSR count). The summed E-state index contributed by atoms with van der Waals surface area (Å²) in [6, 6.07) is 4.10. The van der Waals surface area contributed by atoms with Crippen LogP contribution < -0.4 is 21.9 Å². The molecule has 47 heavy (non-hydrogen) atoms. The molecular weight excluding hydrogens is 628 g/mol. The third kappa shape index (κ3) is 7.35. The van der Waals surface area contributed by atoms with Crippen LogP contribution in [0.15, 0.2) is 47.2 Å². The average molecular weight is 666 g/mol. The smallest absolute Gasteiger partial charge is 0.386 e. The second-order valence-corrected chi connectivity index (χ2v) is 11.9. The molecule has 1 fully saturated rings. The molecule has 9 nitrogen and oxygen atoms in total. The van der Waals surface area contributed by atoms with Gasteiger partial charge in [0.2, 0.25) is 0 Å². The number of hydrogen-bond acceptors (Lipinski definition) is 6.